The highest BCUT2D eigenvalue weighted by Gasteiger charge is 2.62. The van der Waals surface area contributed by atoms with Crippen LogP contribution in [0.2, 0.25) is 0 Å². The monoisotopic (exact) mass is 359 g/mol. The Kier molecular flexibility index (Phi) is 4.68. The molecule has 3 unspecified atom stereocenters. The van der Waals surface area contributed by atoms with E-state index in [0.717, 1.165) is 25.7 Å². The fraction of sp³-hybridized carbons (Fsp3) is 0.957. The molecule has 0 aromatic rings. The first kappa shape index (κ1) is 18.8. The minimum absolute atomic E-state index is 0.208. The molecule has 0 amide bonds. The van der Waals surface area contributed by atoms with E-state index in [1.807, 2.05) is 0 Å². The van der Waals surface area contributed by atoms with Crippen molar-refractivity contribution in [1.82, 2.24) is 0 Å². The van der Waals surface area contributed by atoms with Gasteiger partial charge >= 0.3 is 0 Å². The Bertz CT molecular complexity index is 585. The molecule has 26 heavy (non-hydrogen) atoms. The predicted molar refractivity (Wildman–Crippen MR) is 102 cm³/mol. The maximum absolute atomic E-state index is 11.0. The molecule has 0 radical (unpaired) electrons. The van der Waals surface area contributed by atoms with Gasteiger partial charge in [0.25, 0.3) is 0 Å². The summed E-state index contributed by atoms with van der Waals surface area (Å²) >= 11 is 0. The van der Waals surface area contributed by atoms with Crippen molar-refractivity contribution in [3.63, 3.8) is 0 Å². The molecule has 4 aliphatic carbocycles. The van der Waals surface area contributed by atoms with Gasteiger partial charge in [0.15, 0.2) is 0 Å². The quantitative estimate of drug-likeness (QED) is 0.761. The summed E-state index contributed by atoms with van der Waals surface area (Å²) in [6.07, 6.45) is 9.08. The summed E-state index contributed by atoms with van der Waals surface area (Å²) in [5.74, 6) is 3.52. The van der Waals surface area contributed by atoms with E-state index < -0.39 is 0 Å². The van der Waals surface area contributed by atoms with Crippen molar-refractivity contribution in [3.05, 3.63) is 0 Å². The largest absolute Gasteiger partial charge is 0.393 e. The Labute approximate surface area is 159 Å². The number of aliphatic hydroxyl groups is 2. The van der Waals surface area contributed by atoms with Crippen LogP contribution in [-0.4, -0.2) is 22.4 Å². The fourth-order valence-corrected chi connectivity index (χ4v) is 8.54. The highest BCUT2D eigenvalue weighted by molar-refractivity contribution is 5.11. The van der Waals surface area contributed by atoms with Crippen molar-refractivity contribution >= 4 is 0 Å². The second-order valence-corrected chi connectivity index (χ2v) is 10.8. The molecule has 3 heteroatoms. The zero-order chi connectivity index (χ0) is 18.7. The van der Waals surface area contributed by atoms with Crippen LogP contribution in [0.1, 0.15) is 78.6 Å². The van der Waals surface area contributed by atoms with Crippen LogP contribution in [0.25, 0.3) is 0 Å². The van der Waals surface area contributed by atoms with E-state index in [4.69, 9.17) is 0 Å². The fourth-order valence-electron chi connectivity index (χ4n) is 8.54. The summed E-state index contributed by atoms with van der Waals surface area (Å²) in [6.45, 7) is 7.21. The van der Waals surface area contributed by atoms with Crippen molar-refractivity contribution < 1.29 is 10.2 Å². The molecule has 0 saturated heterocycles. The Balaban J connectivity index is 1.61. The zero-order valence-electron chi connectivity index (χ0n) is 16.8. The van der Waals surface area contributed by atoms with Gasteiger partial charge in [-0.15, -0.1) is 0 Å². The van der Waals surface area contributed by atoms with E-state index in [2.05, 4.69) is 26.8 Å². The number of aliphatic hydroxyl groups excluding tert-OH is 2. The zero-order valence-corrected chi connectivity index (χ0v) is 16.8. The van der Waals surface area contributed by atoms with Gasteiger partial charge in [-0.1, -0.05) is 20.8 Å². The lowest BCUT2D eigenvalue weighted by molar-refractivity contribution is -0.172. The molecule has 0 heterocycles. The van der Waals surface area contributed by atoms with Crippen LogP contribution in [0.3, 0.4) is 0 Å². The topological polar surface area (TPSA) is 64.2 Å². The third-order valence-electron chi connectivity index (χ3n) is 9.83. The van der Waals surface area contributed by atoms with Gasteiger partial charge in [-0.2, -0.15) is 5.26 Å². The van der Waals surface area contributed by atoms with Crippen LogP contribution in [-0.2, 0) is 0 Å². The van der Waals surface area contributed by atoms with Crippen LogP contribution in [0, 0.1) is 57.7 Å². The molecule has 0 aliphatic heterocycles. The minimum Gasteiger partial charge on any atom is -0.393 e. The summed E-state index contributed by atoms with van der Waals surface area (Å²) in [6, 6.07) is 2.40. The van der Waals surface area contributed by atoms with Crippen LogP contribution < -0.4 is 0 Å². The Hall–Kier alpha value is -0.590. The van der Waals surface area contributed by atoms with Gasteiger partial charge in [-0.25, -0.2) is 0 Å². The lowest BCUT2D eigenvalue weighted by Gasteiger charge is -2.62. The molecular formula is C23H37NO2. The Morgan fingerprint density at radius 3 is 2.38 bits per heavy atom. The first-order valence-electron chi connectivity index (χ1n) is 11.0. The molecule has 4 fully saturated rings. The number of hydrogen-bond donors (Lipinski definition) is 2. The second kappa shape index (κ2) is 6.49. The number of nitriles is 1. The lowest BCUT2D eigenvalue weighted by atomic mass is 9.44. The minimum atomic E-state index is -0.242. The molecule has 4 aliphatic rings. The second-order valence-electron chi connectivity index (χ2n) is 10.8. The van der Waals surface area contributed by atoms with Crippen molar-refractivity contribution in [2.75, 3.05) is 0 Å². The third-order valence-corrected chi connectivity index (χ3v) is 9.83. The number of rotatable bonds is 2. The SMILES string of the molecule is C[C@H](CC#N)[C@H]1CCC2C3C[C@H](O)[C@@H]4C[C@H](O)CC[C@]4(C)C3CC[C@@]21C. The van der Waals surface area contributed by atoms with Gasteiger partial charge in [-0.05, 0) is 97.7 Å². The first-order valence-corrected chi connectivity index (χ1v) is 11.0. The van der Waals surface area contributed by atoms with Gasteiger partial charge in [-0.3, -0.25) is 0 Å². The van der Waals surface area contributed by atoms with E-state index >= 15 is 0 Å². The van der Waals surface area contributed by atoms with Crippen molar-refractivity contribution in [1.29, 1.82) is 5.26 Å². The average molecular weight is 360 g/mol. The molecule has 2 N–H and O–H groups in total. The molecule has 146 valence electrons. The van der Waals surface area contributed by atoms with E-state index in [-0.39, 0.29) is 23.5 Å². The number of fused-ring (bicyclic) bond motifs is 5. The van der Waals surface area contributed by atoms with Crippen molar-refractivity contribution in [3.8, 4) is 6.07 Å². The summed E-state index contributed by atoms with van der Waals surface area (Å²) in [4.78, 5) is 0. The van der Waals surface area contributed by atoms with E-state index in [1.54, 1.807) is 0 Å². The van der Waals surface area contributed by atoms with Gasteiger partial charge in [0.05, 0.1) is 18.3 Å². The molecule has 0 spiro atoms. The molecular weight excluding hydrogens is 322 g/mol. The first-order chi connectivity index (χ1) is 12.3. The molecule has 0 aromatic heterocycles. The van der Waals surface area contributed by atoms with Crippen LogP contribution in [0.15, 0.2) is 0 Å². The Morgan fingerprint density at radius 2 is 1.65 bits per heavy atom. The van der Waals surface area contributed by atoms with E-state index in [9.17, 15) is 15.5 Å². The highest BCUT2D eigenvalue weighted by atomic mass is 16.3. The maximum Gasteiger partial charge on any atom is 0.0624 e. The van der Waals surface area contributed by atoms with Crippen LogP contribution >= 0.6 is 0 Å². The normalized spacial score (nSPS) is 54.5. The van der Waals surface area contributed by atoms with Gasteiger partial charge in [0, 0.05) is 6.42 Å². The lowest BCUT2D eigenvalue weighted by Crippen LogP contribution is -2.58. The molecule has 0 bridgehead atoms. The van der Waals surface area contributed by atoms with Gasteiger partial charge in [0.1, 0.15) is 0 Å². The average Bonchev–Trinajstić information content (AvgIpc) is 2.94. The van der Waals surface area contributed by atoms with Crippen molar-refractivity contribution in [2.24, 2.45) is 46.3 Å². The summed E-state index contributed by atoms with van der Waals surface area (Å²) < 4.78 is 0. The molecule has 4 rings (SSSR count). The van der Waals surface area contributed by atoms with Crippen LogP contribution in [0.4, 0.5) is 0 Å². The number of hydrogen-bond acceptors (Lipinski definition) is 3. The molecule has 10 atom stereocenters. The summed E-state index contributed by atoms with van der Waals surface area (Å²) in [7, 11) is 0. The van der Waals surface area contributed by atoms with Gasteiger partial charge in [0.2, 0.25) is 0 Å². The van der Waals surface area contributed by atoms with Gasteiger partial charge < -0.3 is 10.2 Å². The third kappa shape index (κ3) is 2.59. The van der Waals surface area contributed by atoms with Crippen LogP contribution in [0.5, 0.6) is 0 Å². The molecule has 3 nitrogen and oxygen atoms in total. The maximum atomic E-state index is 11.0. The highest BCUT2D eigenvalue weighted by Crippen LogP contribution is 2.68. The predicted octanol–water partition coefficient (Wildman–Crippen LogP) is 4.53. The molecule has 4 saturated carbocycles. The summed E-state index contributed by atoms with van der Waals surface area (Å²) in [5, 5.41) is 30.4. The smallest absolute Gasteiger partial charge is 0.0624 e. The standard InChI is InChI=1S/C23H37NO2/c1-14(8-11-24)17-4-5-18-16-13-21(26)20-12-15(25)6-9-23(20,3)19(16)7-10-22(17,18)2/h14-21,25-26H,4-10,12-13H2,1-3H3/t14-,15-,16?,17-,18?,19?,20+,21+,22-,23-/m1/s1. The van der Waals surface area contributed by atoms with E-state index in [0.29, 0.717) is 41.4 Å². The summed E-state index contributed by atoms with van der Waals surface area (Å²) in [5.41, 5.74) is 0.563. The van der Waals surface area contributed by atoms with E-state index in [1.165, 1.54) is 25.7 Å². The number of nitrogens with zero attached hydrogens (tertiary/aromatic N) is 1. The molecule has 0 aromatic carbocycles. The Morgan fingerprint density at radius 1 is 0.962 bits per heavy atom. The van der Waals surface area contributed by atoms with Crippen molar-refractivity contribution in [2.45, 2.75) is 90.8 Å².